The van der Waals surface area contributed by atoms with Crippen LogP contribution in [0.4, 0.5) is 9.18 Å². The van der Waals surface area contributed by atoms with Crippen LogP contribution in [-0.2, 0) is 11.3 Å². The maximum Gasteiger partial charge on any atom is 0.329 e. The highest BCUT2D eigenvalue weighted by molar-refractivity contribution is 6.13. The number of terminal acetylenes is 1. The van der Waals surface area contributed by atoms with Crippen molar-refractivity contribution in [1.82, 2.24) is 10.2 Å². The maximum atomic E-state index is 13.0. The molecular formula is C20H15FN2O3. The minimum atomic E-state index is -0.514. The topological polar surface area (TPSA) is 58.6 Å². The minimum Gasteiger partial charge on any atom is -0.481 e. The van der Waals surface area contributed by atoms with Crippen molar-refractivity contribution in [1.29, 1.82) is 0 Å². The SMILES string of the molecule is C#CCOc1ccc(/C=C2/NC(=O)N(Cc3ccc(F)cc3)C2=O)cc1. The minimum absolute atomic E-state index is 0.0706. The van der Waals surface area contributed by atoms with Gasteiger partial charge in [0.05, 0.1) is 6.54 Å². The Morgan fingerprint density at radius 2 is 1.81 bits per heavy atom. The van der Waals surface area contributed by atoms with Crippen molar-refractivity contribution < 1.29 is 18.7 Å². The number of ether oxygens (including phenoxy) is 1. The Hall–Kier alpha value is -3.59. The first-order valence-electron chi connectivity index (χ1n) is 7.82. The Labute approximate surface area is 150 Å². The van der Waals surface area contributed by atoms with Crippen molar-refractivity contribution in [2.75, 3.05) is 6.61 Å². The third kappa shape index (κ3) is 3.90. The van der Waals surface area contributed by atoms with Crippen LogP contribution in [0, 0.1) is 18.2 Å². The van der Waals surface area contributed by atoms with E-state index in [1.165, 1.54) is 24.3 Å². The fraction of sp³-hybridized carbons (Fsp3) is 0.100. The molecule has 3 rings (SSSR count). The molecule has 0 saturated carbocycles. The van der Waals surface area contributed by atoms with Gasteiger partial charge in [-0.05, 0) is 41.5 Å². The van der Waals surface area contributed by atoms with E-state index < -0.39 is 11.9 Å². The van der Waals surface area contributed by atoms with Crippen molar-refractivity contribution in [3.05, 3.63) is 71.2 Å². The lowest BCUT2D eigenvalue weighted by molar-refractivity contribution is -0.123. The van der Waals surface area contributed by atoms with Crippen LogP contribution < -0.4 is 10.1 Å². The predicted molar refractivity (Wildman–Crippen MR) is 94.2 cm³/mol. The first kappa shape index (κ1) is 17.2. The molecule has 0 spiro atoms. The fourth-order valence-electron chi connectivity index (χ4n) is 2.44. The van der Waals surface area contributed by atoms with Crippen LogP contribution in [0.2, 0.25) is 0 Å². The van der Waals surface area contributed by atoms with Crippen LogP contribution in [0.25, 0.3) is 6.08 Å². The Bertz CT molecular complexity index is 896. The number of carbonyl (C=O) groups excluding carboxylic acids is 2. The highest BCUT2D eigenvalue weighted by Gasteiger charge is 2.33. The Balaban J connectivity index is 1.72. The average molecular weight is 350 g/mol. The molecule has 3 amide bonds. The number of hydrogen-bond donors (Lipinski definition) is 1. The van der Waals surface area contributed by atoms with Crippen molar-refractivity contribution in [2.24, 2.45) is 0 Å². The van der Waals surface area contributed by atoms with Crippen LogP contribution in [0.1, 0.15) is 11.1 Å². The second-order valence-electron chi connectivity index (χ2n) is 5.57. The largest absolute Gasteiger partial charge is 0.481 e. The third-order valence-electron chi connectivity index (χ3n) is 3.73. The molecule has 0 aliphatic carbocycles. The summed E-state index contributed by atoms with van der Waals surface area (Å²) in [6.07, 6.45) is 6.71. The van der Waals surface area contributed by atoms with Gasteiger partial charge < -0.3 is 10.1 Å². The van der Waals surface area contributed by atoms with Gasteiger partial charge in [0, 0.05) is 0 Å². The molecule has 0 bridgehead atoms. The molecule has 0 atom stereocenters. The summed E-state index contributed by atoms with van der Waals surface area (Å²) in [5.74, 6) is 2.18. The number of carbonyl (C=O) groups is 2. The van der Waals surface area contributed by atoms with Gasteiger partial charge in [-0.15, -0.1) is 6.42 Å². The van der Waals surface area contributed by atoms with Crippen molar-refractivity contribution in [2.45, 2.75) is 6.54 Å². The molecule has 130 valence electrons. The molecule has 1 saturated heterocycles. The van der Waals surface area contributed by atoms with E-state index in [0.29, 0.717) is 11.3 Å². The number of imide groups is 1. The summed E-state index contributed by atoms with van der Waals surface area (Å²) in [5, 5.41) is 2.55. The Morgan fingerprint density at radius 1 is 1.12 bits per heavy atom. The van der Waals surface area contributed by atoms with Gasteiger partial charge in [0.2, 0.25) is 0 Å². The van der Waals surface area contributed by atoms with E-state index >= 15 is 0 Å². The summed E-state index contributed by atoms with van der Waals surface area (Å²) >= 11 is 0. The van der Waals surface area contributed by atoms with Crippen LogP contribution in [0.5, 0.6) is 5.75 Å². The standard InChI is InChI=1S/C20H15FN2O3/c1-2-11-26-17-9-5-14(6-10-17)12-18-19(24)23(20(25)22-18)13-15-3-7-16(21)8-4-15/h1,3-10,12H,11,13H2,(H,22,25)/b18-12+. The van der Waals surface area contributed by atoms with E-state index in [9.17, 15) is 14.0 Å². The first-order chi connectivity index (χ1) is 12.6. The Morgan fingerprint density at radius 3 is 2.46 bits per heavy atom. The zero-order valence-electron chi connectivity index (χ0n) is 13.7. The molecule has 1 aliphatic rings. The highest BCUT2D eigenvalue weighted by Crippen LogP contribution is 2.19. The first-order valence-corrected chi connectivity index (χ1v) is 7.82. The summed E-state index contributed by atoms with van der Waals surface area (Å²) in [4.78, 5) is 25.6. The van der Waals surface area contributed by atoms with Gasteiger partial charge in [0.25, 0.3) is 5.91 Å². The summed E-state index contributed by atoms with van der Waals surface area (Å²) in [6.45, 7) is 0.245. The number of benzene rings is 2. The molecule has 2 aromatic rings. The van der Waals surface area contributed by atoms with E-state index in [1.54, 1.807) is 30.3 Å². The van der Waals surface area contributed by atoms with Crippen LogP contribution >= 0.6 is 0 Å². The third-order valence-corrected chi connectivity index (χ3v) is 3.73. The number of hydrogen-bond acceptors (Lipinski definition) is 3. The summed E-state index contributed by atoms with van der Waals surface area (Å²) in [6, 6.07) is 12.1. The van der Waals surface area contributed by atoms with Crippen molar-refractivity contribution in [3.8, 4) is 18.1 Å². The van der Waals surface area contributed by atoms with E-state index in [-0.39, 0.29) is 24.7 Å². The molecular weight excluding hydrogens is 335 g/mol. The predicted octanol–water partition coefficient (Wildman–Crippen LogP) is 2.93. The van der Waals surface area contributed by atoms with E-state index in [4.69, 9.17) is 11.2 Å². The number of halogens is 1. The van der Waals surface area contributed by atoms with E-state index in [1.807, 2.05) is 0 Å². The molecule has 1 heterocycles. The quantitative estimate of drug-likeness (QED) is 0.512. The lowest BCUT2D eigenvalue weighted by Crippen LogP contribution is -2.30. The molecule has 2 aromatic carbocycles. The van der Waals surface area contributed by atoms with Gasteiger partial charge in [-0.25, -0.2) is 9.18 Å². The van der Waals surface area contributed by atoms with Gasteiger partial charge in [-0.2, -0.15) is 0 Å². The van der Waals surface area contributed by atoms with Crippen molar-refractivity contribution >= 4 is 18.0 Å². The molecule has 6 heteroatoms. The van der Waals surface area contributed by atoms with Crippen molar-refractivity contribution in [3.63, 3.8) is 0 Å². The summed E-state index contributed by atoms with van der Waals surface area (Å²) < 4.78 is 18.2. The fourth-order valence-corrected chi connectivity index (χ4v) is 2.44. The zero-order valence-corrected chi connectivity index (χ0v) is 13.7. The smallest absolute Gasteiger partial charge is 0.329 e. The summed E-state index contributed by atoms with van der Waals surface area (Å²) in [5.41, 5.74) is 1.56. The van der Waals surface area contributed by atoms with Gasteiger partial charge in [0.1, 0.15) is 23.9 Å². The molecule has 1 fully saturated rings. The van der Waals surface area contributed by atoms with Gasteiger partial charge in [-0.3, -0.25) is 9.69 Å². The number of rotatable bonds is 5. The molecule has 0 radical (unpaired) electrons. The second-order valence-corrected chi connectivity index (χ2v) is 5.57. The number of urea groups is 1. The lowest BCUT2D eigenvalue weighted by Gasteiger charge is -2.11. The zero-order chi connectivity index (χ0) is 18.5. The van der Waals surface area contributed by atoms with Crippen LogP contribution in [0.15, 0.2) is 54.2 Å². The molecule has 0 aromatic heterocycles. The molecule has 1 N–H and O–H groups in total. The normalized spacial score (nSPS) is 15.1. The van der Waals surface area contributed by atoms with Crippen LogP contribution in [-0.4, -0.2) is 23.4 Å². The molecule has 0 unspecified atom stereocenters. The van der Waals surface area contributed by atoms with E-state index in [0.717, 1.165) is 10.5 Å². The maximum absolute atomic E-state index is 13.0. The second kappa shape index (κ2) is 7.53. The molecule has 26 heavy (non-hydrogen) atoms. The van der Waals surface area contributed by atoms with E-state index in [2.05, 4.69) is 11.2 Å². The Kier molecular flexibility index (Phi) is 4.99. The number of nitrogens with one attached hydrogen (secondary N) is 1. The number of amides is 3. The monoisotopic (exact) mass is 350 g/mol. The number of nitrogens with zero attached hydrogens (tertiary/aromatic N) is 1. The van der Waals surface area contributed by atoms with Crippen LogP contribution in [0.3, 0.4) is 0 Å². The summed E-state index contributed by atoms with van der Waals surface area (Å²) in [7, 11) is 0. The highest BCUT2D eigenvalue weighted by atomic mass is 19.1. The lowest BCUT2D eigenvalue weighted by atomic mass is 10.1. The van der Waals surface area contributed by atoms with Gasteiger partial charge >= 0.3 is 6.03 Å². The van der Waals surface area contributed by atoms with Gasteiger partial charge in [-0.1, -0.05) is 30.2 Å². The molecule has 1 aliphatic heterocycles. The van der Waals surface area contributed by atoms with Gasteiger partial charge in [0.15, 0.2) is 0 Å². The molecule has 5 nitrogen and oxygen atoms in total. The average Bonchev–Trinajstić information content (AvgIpc) is 2.90.